The van der Waals surface area contributed by atoms with Crippen molar-refractivity contribution in [3.8, 4) is 11.5 Å². The van der Waals surface area contributed by atoms with E-state index >= 15 is 0 Å². The van der Waals surface area contributed by atoms with E-state index in [1.165, 1.54) is 0 Å². The Bertz CT molecular complexity index is 510. The quantitative estimate of drug-likeness (QED) is 0.839. The third kappa shape index (κ3) is 3.54. The number of rotatable bonds is 7. The molecule has 4 heteroatoms. The molecule has 2 rings (SSSR count). The molecule has 0 amide bonds. The van der Waals surface area contributed by atoms with Gasteiger partial charge in [0.15, 0.2) is 6.10 Å². The van der Waals surface area contributed by atoms with Gasteiger partial charge in [0.1, 0.15) is 17.3 Å². The van der Waals surface area contributed by atoms with Gasteiger partial charge >= 0.3 is 0 Å². The summed E-state index contributed by atoms with van der Waals surface area (Å²) in [6.07, 6.45) is 2.13. The third-order valence-electron chi connectivity index (χ3n) is 3.06. The SMILES string of the molecule is CCOc1cccc(OC(c2ccco2)C(N)CC)c1. The summed E-state index contributed by atoms with van der Waals surface area (Å²) in [6.45, 7) is 4.60. The van der Waals surface area contributed by atoms with Crippen LogP contribution in [0, 0.1) is 0 Å². The molecular weight excluding hydrogens is 254 g/mol. The molecule has 2 aromatic rings. The fourth-order valence-corrected chi connectivity index (χ4v) is 1.97. The predicted molar refractivity (Wildman–Crippen MR) is 78.0 cm³/mol. The van der Waals surface area contributed by atoms with Crippen molar-refractivity contribution in [2.75, 3.05) is 6.61 Å². The van der Waals surface area contributed by atoms with Gasteiger partial charge in [-0.2, -0.15) is 0 Å². The van der Waals surface area contributed by atoms with E-state index in [4.69, 9.17) is 19.6 Å². The highest BCUT2D eigenvalue weighted by Gasteiger charge is 2.23. The first-order valence-corrected chi connectivity index (χ1v) is 6.93. The Morgan fingerprint density at radius 2 is 1.95 bits per heavy atom. The van der Waals surface area contributed by atoms with Crippen molar-refractivity contribution in [1.82, 2.24) is 0 Å². The molecule has 2 unspecified atom stereocenters. The minimum Gasteiger partial charge on any atom is -0.494 e. The van der Waals surface area contributed by atoms with E-state index in [0.29, 0.717) is 6.61 Å². The molecule has 0 spiro atoms. The Morgan fingerprint density at radius 1 is 1.15 bits per heavy atom. The van der Waals surface area contributed by atoms with Crippen molar-refractivity contribution < 1.29 is 13.9 Å². The number of nitrogens with two attached hydrogens (primary N) is 1. The lowest BCUT2D eigenvalue weighted by Gasteiger charge is -2.22. The van der Waals surface area contributed by atoms with Crippen molar-refractivity contribution in [2.45, 2.75) is 32.4 Å². The van der Waals surface area contributed by atoms with Crippen molar-refractivity contribution in [1.29, 1.82) is 0 Å². The van der Waals surface area contributed by atoms with Gasteiger partial charge in [-0.25, -0.2) is 0 Å². The van der Waals surface area contributed by atoms with Gasteiger partial charge in [0.05, 0.1) is 12.9 Å². The molecule has 1 aromatic carbocycles. The van der Waals surface area contributed by atoms with Crippen LogP contribution in [0.25, 0.3) is 0 Å². The van der Waals surface area contributed by atoms with Crippen molar-refractivity contribution in [2.24, 2.45) is 5.73 Å². The highest BCUT2D eigenvalue weighted by Crippen LogP contribution is 2.28. The standard InChI is InChI=1S/C16H21NO3/c1-3-14(17)16(15-9-6-10-19-15)20-13-8-5-7-12(11-13)18-4-2/h5-11,14,16H,3-4,17H2,1-2H3. The molecule has 0 bridgehead atoms. The van der Waals surface area contributed by atoms with E-state index in [9.17, 15) is 0 Å². The lowest BCUT2D eigenvalue weighted by Crippen LogP contribution is -2.31. The molecule has 0 fully saturated rings. The van der Waals surface area contributed by atoms with Crippen LogP contribution in [-0.4, -0.2) is 12.6 Å². The lowest BCUT2D eigenvalue weighted by atomic mass is 10.1. The highest BCUT2D eigenvalue weighted by molar-refractivity contribution is 5.33. The number of hydrogen-bond donors (Lipinski definition) is 1. The second-order valence-corrected chi connectivity index (χ2v) is 4.53. The van der Waals surface area contributed by atoms with Gasteiger partial charge in [-0.05, 0) is 37.6 Å². The fourth-order valence-electron chi connectivity index (χ4n) is 1.97. The maximum absolute atomic E-state index is 6.14. The summed E-state index contributed by atoms with van der Waals surface area (Å²) >= 11 is 0. The van der Waals surface area contributed by atoms with E-state index in [0.717, 1.165) is 23.7 Å². The van der Waals surface area contributed by atoms with E-state index in [2.05, 4.69) is 0 Å². The summed E-state index contributed by atoms with van der Waals surface area (Å²) in [4.78, 5) is 0. The summed E-state index contributed by atoms with van der Waals surface area (Å²) < 4.78 is 16.9. The summed E-state index contributed by atoms with van der Waals surface area (Å²) in [5.41, 5.74) is 6.14. The summed E-state index contributed by atoms with van der Waals surface area (Å²) in [6, 6.07) is 11.1. The molecule has 108 valence electrons. The van der Waals surface area contributed by atoms with Crippen molar-refractivity contribution >= 4 is 0 Å². The molecule has 0 saturated heterocycles. The van der Waals surface area contributed by atoms with E-state index in [1.54, 1.807) is 6.26 Å². The van der Waals surface area contributed by atoms with E-state index in [-0.39, 0.29) is 12.1 Å². The minimum absolute atomic E-state index is 0.128. The Hall–Kier alpha value is -1.94. The molecule has 20 heavy (non-hydrogen) atoms. The van der Waals surface area contributed by atoms with Gasteiger partial charge in [0.2, 0.25) is 0 Å². The normalized spacial score (nSPS) is 13.8. The number of furan rings is 1. The van der Waals surface area contributed by atoms with Gasteiger partial charge < -0.3 is 19.6 Å². The fraction of sp³-hybridized carbons (Fsp3) is 0.375. The van der Waals surface area contributed by atoms with Gasteiger partial charge in [-0.15, -0.1) is 0 Å². The minimum atomic E-state index is -0.299. The first kappa shape index (κ1) is 14.5. The van der Waals surface area contributed by atoms with Gasteiger partial charge in [-0.3, -0.25) is 0 Å². The molecule has 0 saturated carbocycles. The number of ether oxygens (including phenoxy) is 2. The molecule has 2 N–H and O–H groups in total. The topological polar surface area (TPSA) is 57.6 Å². The molecule has 1 heterocycles. The van der Waals surface area contributed by atoms with Crippen LogP contribution >= 0.6 is 0 Å². The van der Waals surface area contributed by atoms with Crippen LogP contribution < -0.4 is 15.2 Å². The zero-order chi connectivity index (χ0) is 14.4. The molecule has 0 aliphatic carbocycles. The first-order valence-electron chi connectivity index (χ1n) is 6.93. The summed E-state index contributed by atoms with van der Waals surface area (Å²) in [5.74, 6) is 2.25. The molecule has 0 radical (unpaired) electrons. The molecule has 0 aliphatic heterocycles. The monoisotopic (exact) mass is 275 g/mol. The van der Waals surface area contributed by atoms with Crippen LogP contribution in [0.15, 0.2) is 47.1 Å². The Labute approximate surface area is 119 Å². The smallest absolute Gasteiger partial charge is 0.171 e. The molecular formula is C16H21NO3. The second-order valence-electron chi connectivity index (χ2n) is 4.53. The summed E-state index contributed by atoms with van der Waals surface area (Å²) in [7, 11) is 0. The van der Waals surface area contributed by atoms with Crippen molar-refractivity contribution in [3.63, 3.8) is 0 Å². The second kappa shape index (κ2) is 7.01. The maximum atomic E-state index is 6.14. The Morgan fingerprint density at radius 3 is 2.60 bits per heavy atom. The summed E-state index contributed by atoms with van der Waals surface area (Å²) in [5, 5.41) is 0. The van der Waals surface area contributed by atoms with Crippen LogP contribution in [-0.2, 0) is 0 Å². The number of hydrogen-bond acceptors (Lipinski definition) is 4. The molecule has 4 nitrogen and oxygen atoms in total. The average molecular weight is 275 g/mol. The first-order chi connectivity index (χ1) is 9.74. The highest BCUT2D eigenvalue weighted by atomic mass is 16.5. The molecule has 2 atom stereocenters. The third-order valence-corrected chi connectivity index (χ3v) is 3.06. The van der Waals surface area contributed by atoms with Gasteiger partial charge in [0, 0.05) is 12.1 Å². The maximum Gasteiger partial charge on any atom is 0.171 e. The Balaban J connectivity index is 2.17. The largest absolute Gasteiger partial charge is 0.494 e. The van der Waals surface area contributed by atoms with Gasteiger partial charge in [0.25, 0.3) is 0 Å². The predicted octanol–water partition coefficient (Wildman–Crippen LogP) is 3.54. The average Bonchev–Trinajstić information content (AvgIpc) is 2.99. The van der Waals surface area contributed by atoms with Crippen molar-refractivity contribution in [3.05, 3.63) is 48.4 Å². The van der Waals surface area contributed by atoms with Crippen LogP contribution in [0.3, 0.4) is 0 Å². The lowest BCUT2D eigenvalue weighted by molar-refractivity contribution is 0.144. The van der Waals surface area contributed by atoms with Crippen LogP contribution in [0.5, 0.6) is 11.5 Å². The molecule has 0 aliphatic rings. The zero-order valence-electron chi connectivity index (χ0n) is 11.9. The van der Waals surface area contributed by atoms with Crippen LogP contribution in [0.2, 0.25) is 0 Å². The van der Waals surface area contributed by atoms with Gasteiger partial charge in [-0.1, -0.05) is 13.0 Å². The Kier molecular flexibility index (Phi) is 5.07. The molecule has 1 aromatic heterocycles. The van der Waals surface area contributed by atoms with E-state index in [1.807, 2.05) is 50.2 Å². The van der Waals surface area contributed by atoms with Crippen LogP contribution in [0.1, 0.15) is 32.1 Å². The number of benzene rings is 1. The zero-order valence-corrected chi connectivity index (χ0v) is 11.9. The van der Waals surface area contributed by atoms with E-state index < -0.39 is 0 Å². The van der Waals surface area contributed by atoms with Crippen LogP contribution in [0.4, 0.5) is 0 Å².